The van der Waals surface area contributed by atoms with Crippen molar-refractivity contribution in [2.45, 2.75) is 17.7 Å². The second kappa shape index (κ2) is 8.91. The summed E-state index contributed by atoms with van der Waals surface area (Å²) in [6.45, 7) is 1.87. The van der Waals surface area contributed by atoms with Crippen molar-refractivity contribution < 1.29 is 13.3 Å². The van der Waals surface area contributed by atoms with E-state index in [0.29, 0.717) is 31.9 Å². The van der Waals surface area contributed by atoms with Crippen molar-refractivity contribution in [3.05, 3.63) is 70.8 Å². The maximum absolute atomic E-state index is 13.1. The zero-order chi connectivity index (χ0) is 21.8. The summed E-state index contributed by atoms with van der Waals surface area (Å²) in [4.78, 5) is 10.6. The topological polar surface area (TPSA) is 105 Å². The average Bonchev–Trinajstić information content (AvgIpc) is 3.32. The van der Waals surface area contributed by atoms with Crippen LogP contribution in [-0.2, 0) is 10.0 Å². The highest BCUT2D eigenvalue weighted by Gasteiger charge is 2.30. The predicted octanol–water partition coefficient (Wildman–Crippen LogP) is 4.06. The Kier molecular flexibility index (Phi) is 6.06. The van der Waals surface area contributed by atoms with Gasteiger partial charge in [0, 0.05) is 49.4 Å². The smallest absolute Gasteiger partial charge is 0.270 e. The summed E-state index contributed by atoms with van der Waals surface area (Å²) < 4.78 is 27.6. The molecule has 9 heteroatoms. The largest absolute Gasteiger partial charge is 0.383 e. The molecule has 8 nitrogen and oxygen atoms in total. The lowest BCUT2D eigenvalue weighted by molar-refractivity contribution is -0.385. The molecule has 0 spiro atoms. The van der Waals surface area contributed by atoms with Gasteiger partial charge in [-0.15, -0.1) is 0 Å². The number of sulfonamides is 1. The highest BCUT2D eigenvalue weighted by Crippen LogP contribution is 2.30. The van der Waals surface area contributed by atoms with Crippen LogP contribution in [0.1, 0.15) is 12.8 Å². The van der Waals surface area contributed by atoms with Gasteiger partial charge in [0.25, 0.3) is 5.69 Å². The molecular formula is C22H24N4O4S. The van der Waals surface area contributed by atoms with Gasteiger partial charge in [0.2, 0.25) is 10.0 Å². The second-order valence-corrected chi connectivity index (χ2v) is 9.34. The normalized spacial score (nSPS) is 14.6. The summed E-state index contributed by atoms with van der Waals surface area (Å²) in [7, 11) is -3.80. The van der Waals surface area contributed by atoms with Crippen LogP contribution >= 0.6 is 0 Å². The fraction of sp³-hybridized carbons (Fsp3) is 0.273. The number of non-ortho nitro benzene ring substituents is 1. The van der Waals surface area contributed by atoms with Gasteiger partial charge in [-0.2, -0.15) is 4.31 Å². The summed E-state index contributed by atoms with van der Waals surface area (Å²) in [5.41, 5.74) is 1.13. The highest BCUT2D eigenvalue weighted by atomic mass is 32.2. The number of anilines is 2. The molecule has 0 aromatic heterocycles. The van der Waals surface area contributed by atoms with E-state index in [9.17, 15) is 18.5 Å². The SMILES string of the molecule is O=[N+]([O-])c1ccc(NCCNc2cccc3ccccc23)c(S(=O)(=O)N2CCCC2)c1. The lowest BCUT2D eigenvalue weighted by Gasteiger charge is -2.19. The van der Waals surface area contributed by atoms with E-state index in [1.54, 1.807) is 0 Å². The monoisotopic (exact) mass is 440 g/mol. The van der Waals surface area contributed by atoms with Gasteiger partial charge in [0.15, 0.2) is 0 Å². The predicted molar refractivity (Wildman–Crippen MR) is 122 cm³/mol. The number of nitro benzene ring substituents is 1. The van der Waals surface area contributed by atoms with Gasteiger partial charge < -0.3 is 10.6 Å². The number of benzene rings is 3. The van der Waals surface area contributed by atoms with Gasteiger partial charge in [-0.3, -0.25) is 10.1 Å². The number of nitro groups is 1. The summed E-state index contributed by atoms with van der Waals surface area (Å²) in [6.07, 6.45) is 1.59. The van der Waals surface area contributed by atoms with E-state index in [2.05, 4.69) is 10.6 Å². The zero-order valence-corrected chi connectivity index (χ0v) is 17.8. The first-order chi connectivity index (χ1) is 15.0. The van der Waals surface area contributed by atoms with Crippen molar-refractivity contribution in [2.75, 3.05) is 36.8 Å². The van der Waals surface area contributed by atoms with Crippen LogP contribution in [0.5, 0.6) is 0 Å². The molecule has 3 aromatic rings. The van der Waals surface area contributed by atoms with Crippen molar-refractivity contribution in [1.29, 1.82) is 0 Å². The van der Waals surface area contributed by atoms with Crippen LogP contribution < -0.4 is 10.6 Å². The molecule has 0 unspecified atom stereocenters. The fourth-order valence-corrected chi connectivity index (χ4v) is 5.53. The van der Waals surface area contributed by atoms with Crippen LogP contribution in [0.4, 0.5) is 17.1 Å². The van der Waals surface area contributed by atoms with E-state index in [0.717, 1.165) is 35.4 Å². The third-order valence-electron chi connectivity index (χ3n) is 5.40. The summed E-state index contributed by atoms with van der Waals surface area (Å²) in [5.74, 6) is 0. The van der Waals surface area contributed by atoms with Crippen LogP contribution in [0, 0.1) is 10.1 Å². The lowest BCUT2D eigenvalue weighted by Crippen LogP contribution is -2.29. The van der Waals surface area contributed by atoms with Crippen LogP contribution in [0.2, 0.25) is 0 Å². The standard InChI is InChI=1S/C22H24N4O4S/c27-26(28)18-10-11-21(22(16-18)31(29,30)25-14-3-4-15-25)24-13-12-23-20-9-5-7-17-6-1-2-8-19(17)20/h1-2,5-11,16,23-24H,3-4,12-15H2. The molecule has 3 aromatic carbocycles. The molecule has 0 saturated carbocycles. The highest BCUT2D eigenvalue weighted by molar-refractivity contribution is 7.89. The number of hydrogen-bond donors (Lipinski definition) is 2. The zero-order valence-electron chi connectivity index (χ0n) is 17.0. The number of rotatable bonds is 8. The van der Waals surface area contributed by atoms with E-state index in [1.807, 2.05) is 42.5 Å². The first kappa shape index (κ1) is 21.1. The molecule has 31 heavy (non-hydrogen) atoms. The van der Waals surface area contributed by atoms with Gasteiger partial charge in [-0.1, -0.05) is 36.4 Å². The van der Waals surface area contributed by atoms with E-state index in [1.165, 1.54) is 16.4 Å². The molecule has 1 heterocycles. The molecular weight excluding hydrogens is 416 g/mol. The molecule has 1 fully saturated rings. The van der Waals surface area contributed by atoms with Crippen LogP contribution in [-0.4, -0.2) is 43.8 Å². The molecule has 1 aliphatic rings. The fourth-order valence-electron chi connectivity index (χ4n) is 3.83. The minimum Gasteiger partial charge on any atom is -0.383 e. The number of hydrogen-bond acceptors (Lipinski definition) is 6. The Balaban J connectivity index is 1.51. The Morgan fingerprint density at radius 2 is 1.58 bits per heavy atom. The first-order valence-corrected chi connectivity index (χ1v) is 11.6. The number of fused-ring (bicyclic) bond motifs is 1. The van der Waals surface area contributed by atoms with Gasteiger partial charge in [0.05, 0.1) is 10.6 Å². The molecule has 1 saturated heterocycles. The Hall–Kier alpha value is -3.17. The maximum Gasteiger partial charge on any atom is 0.270 e. The Bertz CT molecular complexity index is 1200. The molecule has 4 rings (SSSR count). The summed E-state index contributed by atoms with van der Waals surface area (Å²) in [6, 6.07) is 18.0. The maximum atomic E-state index is 13.1. The molecule has 0 atom stereocenters. The van der Waals surface area contributed by atoms with Crippen molar-refractivity contribution in [3.63, 3.8) is 0 Å². The van der Waals surface area contributed by atoms with E-state index >= 15 is 0 Å². The van der Waals surface area contributed by atoms with Crippen LogP contribution in [0.25, 0.3) is 10.8 Å². The number of nitrogens with one attached hydrogen (secondary N) is 2. The van der Waals surface area contributed by atoms with Crippen molar-refractivity contribution in [3.8, 4) is 0 Å². The summed E-state index contributed by atoms with van der Waals surface area (Å²) >= 11 is 0. The van der Waals surface area contributed by atoms with Crippen molar-refractivity contribution in [2.24, 2.45) is 0 Å². The van der Waals surface area contributed by atoms with Crippen LogP contribution in [0.3, 0.4) is 0 Å². The number of nitrogens with zero attached hydrogens (tertiary/aromatic N) is 2. The molecule has 1 aliphatic heterocycles. The van der Waals surface area contributed by atoms with Gasteiger partial charge in [-0.25, -0.2) is 8.42 Å². The minimum atomic E-state index is -3.80. The van der Waals surface area contributed by atoms with Crippen molar-refractivity contribution in [1.82, 2.24) is 4.31 Å². The van der Waals surface area contributed by atoms with Gasteiger partial charge >= 0.3 is 0 Å². The minimum absolute atomic E-state index is 0.0474. The Morgan fingerprint density at radius 3 is 2.32 bits per heavy atom. The average molecular weight is 441 g/mol. The molecule has 0 amide bonds. The molecule has 0 aliphatic carbocycles. The molecule has 0 bridgehead atoms. The van der Waals surface area contributed by atoms with Gasteiger partial charge in [0.1, 0.15) is 4.90 Å². The quantitative estimate of drug-likeness (QED) is 0.311. The van der Waals surface area contributed by atoms with E-state index < -0.39 is 14.9 Å². The lowest BCUT2D eigenvalue weighted by atomic mass is 10.1. The second-order valence-electron chi connectivity index (χ2n) is 7.43. The summed E-state index contributed by atoms with van der Waals surface area (Å²) in [5, 5.41) is 20.0. The Labute approximate surface area is 181 Å². The first-order valence-electron chi connectivity index (χ1n) is 10.2. The van der Waals surface area contributed by atoms with E-state index in [4.69, 9.17) is 0 Å². The van der Waals surface area contributed by atoms with Crippen LogP contribution in [0.15, 0.2) is 65.6 Å². The molecule has 0 radical (unpaired) electrons. The van der Waals surface area contributed by atoms with Crippen molar-refractivity contribution >= 4 is 37.9 Å². The molecule has 2 N–H and O–H groups in total. The third-order valence-corrected chi connectivity index (χ3v) is 7.34. The third kappa shape index (κ3) is 4.47. The Morgan fingerprint density at radius 1 is 0.903 bits per heavy atom. The molecule has 162 valence electrons. The van der Waals surface area contributed by atoms with Gasteiger partial charge in [-0.05, 0) is 30.4 Å². The van der Waals surface area contributed by atoms with E-state index in [-0.39, 0.29) is 10.6 Å².